The molecule has 0 N–H and O–H groups in total. The number of fused-ring (bicyclic) bond motifs is 3. The van der Waals surface area contributed by atoms with Crippen molar-refractivity contribution in [3.8, 4) is 39.1 Å². The first kappa shape index (κ1) is 35.1. The molecule has 278 valence electrons. The molecule has 1 heterocycles. The van der Waals surface area contributed by atoms with Crippen molar-refractivity contribution in [3.63, 3.8) is 0 Å². The van der Waals surface area contributed by atoms with Crippen molar-refractivity contribution in [2.24, 2.45) is 0 Å². The average molecular weight is 747 g/mol. The van der Waals surface area contributed by atoms with Crippen LogP contribution in [0.2, 0.25) is 0 Å². The van der Waals surface area contributed by atoms with Crippen molar-refractivity contribution in [2.75, 3.05) is 12.0 Å². The van der Waals surface area contributed by atoms with Crippen LogP contribution in [0.4, 0.5) is 17.1 Å². The van der Waals surface area contributed by atoms with E-state index in [0.717, 1.165) is 29.2 Å². The third kappa shape index (κ3) is 6.67. The van der Waals surface area contributed by atoms with Gasteiger partial charge in [0.25, 0.3) is 0 Å². The molecule has 0 saturated heterocycles. The quantitative estimate of drug-likeness (QED) is 0.146. The molecule has 0 fully saturated rings. The summed E-state index contributed by atoms with van der Waals surface area (Å²) >= 11 is 0. The van der Waals surface area contributed by atoms with E-state index in [9.17, 15) is 0 Å². The Bertz CT molecular complexity index is 2850. The fraction of sp³-hybridized carbons (Fsp3) is 0.0545. The molecule has 10 rings (SSSR count). The third-order valence-electron chi connectivity index (χ3n) is 11.5. The van der Waals surface area contributed by atoms with Gasteiger partial charge in [-0.25, -0.2) is 0 Å². The Morgan fingerprint density at radius 2 is 0.828 bits per heavy atom. The molecular formula is C55H42N2O. The van der Waals surface area contributed by atoms with Crippen molar-refractivity contribution >= 4 is 44.4 Å². The number of allylic oxidation sites excluding steroid dienone is 4. The highest BCUT2D eigenvalue weighted by atomic mass is 16.5. The summed E-state index contributed by atoms with van der Waals surface area (Å²) < 4.78 is 7.86. The number of rotatable bonds is 9. The second-order valence-electron chi connectivity index (χ2n) is 14.9. The van der Waals surface area contributed by atoms with Gasteiger partial charge in [-0.3, -0.25) is 0 Å². The van der Waals surface area contributed by atoms with Crippen molar-refractivity contribution in [3.05, 3.63) is 224 Å². The summed E-state index contributed by atoms with van der Waals surface area (Å²) in [7, 11) is 1.70. The van der Waals surface area contributed by atoms with Crippen LogP contribution >= 0.6 is 0 Å². The molecular weight excluding hydrogens is 705 g/mol. The maximum absolute atomic E-state index is 5.35. The SMILES string of the molecule is COc1ccc(-c2ccc(-c3ccc(N(c4ccc(C5=CC(n6c7ccccc7c7ccccc76)CC=C5)cc4)c4ccc(-c5ccccc5)cc4)cc3)cc2)cc1. The topological polar surface area (TPSA) is 17.4 Å². The highest BCUT2D eigenvalue weighted by molar-refractivity contribution is 6.08. The monoisotopic (exact) mass is 746 g/mol. The highest BCUT2D eigenvalue weighted by Gasteiger charge is 2.19. The molecule has 3 heteroatoms. The molecule has 58 heavy (non-hydrogen) atoms. The number of ether oxygens (including phenoxy) is 1. The van der Waals surface area contributed by atoms with E-state index in [4.69, 9.17) is 4.74 Å². The Balaban J connectivity index is 0.969. The highest BCUT2D eigenvalue weighted by Crippen LogP contribution is 2.40. The molecule has 1 aliphatic carbocycles. The zero-order valence-corrected chi connectivity index (χ0v) is 32.4. The molecule has 0 bridgehead atoms. The lowest BCUT2D eigenvalue weighted by Crippen LogP contribution is -2.10. The minimum absolute atomic E-state index is 0.223. The average Bonchev–Trinajstić information content (AvgIpc) is 3.65. The standard InChI is InChI=1S/C55H42N2O/c1-58-51-36-28-44(29-37-51)41-20-18-40(19-21-41)43-24-32-48(33-25-43)56(47-30-22-42(23-31-47)39-10-3-2-4-11-39)49-34-26-45(27-35-49)46-12-9-13-50(38-46)57-54-16-7-5-14-52(54)53-15-6-8-17-55(53)57/h2-12,14-38,50H,13H2,1H3. The van der Waals surface area contributed by atoms with E-state index in [1.54, 1.807) is 7.11 Å². The van der Waals surface area contributed by atoms with E-state index in [0.29, 0.717) is 0 Å². The predicted octanol–water partition coefficient (Wildman–Crippen LogP) is 14.9. The van der Waals surface area contributed by atoms with E-state index in [-0.39, 0.29) is 6.04 Å². The van der Waals surface area contributed by atoms with Gasteiger partial charge in [-0.05, 0) is 112 Å². The molecule has 9 aromatic rings. The Morgan fingerprint density at radius 1 is 0.431 bits per heavy atom. The summed E-state index contributed by atoms with van der Waals surface area (Å²) in [4.78, 5) is 2.35. The molecule has 0 saturated carbocycles. The van der Waals surface area contributed by atoms with Crippen LogP contribution in [0.5, 0.6) is 5.75 Å². The molecule has 1 aromatic heterocycles. The Hall–Kier alpha value is -7.36. The van der Waals surface area contributed by atoms with E-state index in [2.05, 4.69) is 216 Å². The van der Waals surface area contributed by atoms with Gasteiger partial charge in [-0.15, -0.1) is 0 Å². The molecule has 0 aliphatic heterocycles. The lowest BCUT2D eigenvalue weighted by atomic mass is 9.96. The van der Waals surface area contributed by atoms with E-state index in [1.165, 1.54) is 66.3 Å². The fourth-order valence-corrected chi connectivity index (χ4v) is 8.47. The van der Waals surface area contributed by atoms with Crippen LogP contribution in [0, 0.1) is 0 Å². The first-order valence-corrected chi connectivity index (χ1v) is 20.0. The molecule has 0 radical (unpaired) electrons. The van der Waals surface area contributed by atoms with Gasteiger partial charge in [-0.2, -0.15) is 0 Å². The van der Waals surface area contributed by atoms with Gasteiger partial charge >= 0.3 is 0 Å². The minimum atomic E-state index is 0.223. The van der Waals surface area contributed by atoms with Crippen LogP contribution in [-0.4, -0.2) is 11.7 Å². The zero-order chi connectivity index (χ0) is 38.8. The number of methoxy groups -OCH3 is 1. The number of aromatic nitrogens is 1. The van der Waals surface area contributed by atoms with E-state index in [1.807, 2.05) is 12.1 Å². The number of anilines is 3. The van der Waals surface area contributed by atoms with Crippen LogP contribution in [0.3, 0.4) is 0 Å². The summed E-state index contributed by atoms with van der Waals surface area (Å²) in [5, 5.41) is 2.61. The second-order valence-corrected chi connectivity index (χ2v) is 14.9. The Kier molecular flexibility index (Phi) is 9.25. The van der Waals surface area contributed by atoms with Crippen LogP contribution in [0.15, 0.2) is 218 Å². The number of nitrogens with zero attached hydrogens (tertiary/aromatic N) is 2. The number of para-hydroxylation sites is 2. The third-order valence-corrected chi connectivity index (χ3v) is 11.5. The second kappa shape index (κ2) is 15.3. The summed E-state index contributed by atoms with van der Waals surface area (Å²) in [6.07, 6.45) is 8.00. The smallest absolute Gasteiger partial charge is 0.118 e. The maximum Gasteiger partial charge on any atom is 0.118 e. The van der Waals surface area contributed by atoms with E-state index >= 15 is 0 Å². The minimum Gasteiger partial charge on any atom is -0.497 e. The number of benzene rings is 8. The van der Waals surface area contributed by atoms with Gasteiger partial charge in [-0.1, -0.05) is 158 Å². The summed E-state index contributed by atoms with van der Waals surface area (Å²) in [5.41, 5.74) is 15.4. The summed E-state index contributed by atoms with van der Waals surface area (Å²) in [5.74, 6) is 0.862. The molecule has 3 nitrogen and oxygen atoms in total. The molecule has 0 spiro atoms. The van der Waals surface area contributed by atoms with Gasteiger partial charge in [0, 0.05) is 38.9 Å². The lowest BCUT2D eigenvalue weighted by molar-refractivity contribution is 0.415. The lowest BCUT2D eigenvalue weighted by Gasteiger charge is -2.26. The fourth-order valence-electron chi connectivity index (χ4n) is 8.47. The molecule has 1 aliphatic rings. The first-order valence-electron chi connectivity index (χ1n) is 20.0. The molecule has 0 amide bonds. The van der Waals surface area contributed by atoms with Gasteiger partial charge in [0.05, 0.1) is 13.2 Å². The van der Waals surface area contributed by atoms with Gasteiger partial charge in [0.1, 0.15) is 5.75 Å². The van der Waals surface area contributed by atoms with Gasteiger partial charge in [0.15, 0.2) is 0 Å². The molecule has 1 unspecified atom stereocenters. The maximum atomic E-state index is 5.35. The van der Waals surface area contributed by atoms with Gasteiger partial charge in [0.2, 0.25) is 0 Å². The van der Waals surface area contributed by atoms with Crippen molar-refractivity contribution in [1.82, 2.24) is 4.57 Å². The van der Waals surface area contributed by atoms with Crippen LogP contribution < -0.4 is 9.64 Å². The van der Waals surface area contributed by atoms with E-state index < -0.39 is 0 Å². The van der Waals surface area contributed by atoms with Crippen molar-refractivity contribution < 1.29 is 4.74 Å². The van der Waals surface area contributed by atoms with Crippen molar-refractivity contribution in [1.29, 1.82) is 0 Å². The predicted molar refractivity (Wildman–Crippen MR) is 244 cm³/mol. The number of hydrogen-bond donors (Lipinski definition) is 0. The first-order chi connectivity index (χ1) is 28.7. The van der Waals surface area contributed by atoms with Crippen LogP contribution in [0.1, 0.15) is 18.0 Å². The van der Waals surface area contributed by atoms with Crippen LogP contribution in [-0.2, 0) is 0 Å². The van der Waals surface area contributed by atoms with Gasteiger partial charge < -0.3 is 14.2 Å². The zero-order valence-electron chi connectivity index (χ0n) is 32.4. The largest absolute Gasteiger partial charge is 0.497 e. The Labute approximate surface area is 340 Å². The van der Waals surface area contributed by atoms with Crippen LogP contribution in [0.25, 0.3) is 60.8 Å². The Morgan fingerprint density at radius 3 is 1.31 bits per heavy atom. The summed E-state index contributed by atoms with van der Waals surface area (Å²) in [6.45, 7) is 0. The molecule has 8 aromatic carbocycles. The molecule has 1 atom stereocenters. The number of hydrogen-bond acceptors (Lipinski definition) is 2. The normalized spacial score (nSPS) is 13.7. The van der Waals surface area contributed by atoms with Crippen molar-refractivity contribution in [2.45, 2.75) is 12.5 Å². The summed E-state index contributed by atoms with van der Waals surface area (Å²) in [6, 6.07) is 72.2.